The fourth-order valence-electron chi connectivity index (χ4n) is 2.65. The van der Waals surface area contributed by atoms with Crippen molar-refractivity contribution < 1.29 is 0 Å². The molecule has 0 amide bonds. The van der Waals surface area contributed by atoms with Crippen LogP contribution in [0.15, 0.2) is 0 Å². The molecule has 1 saturated carbocycles. The Kier molecular flexibility index (Phi) is 4.18. The molecule has 1 aliphatic carbocycles. The third kappa shape index (κ3) is 2.90. The van der Waals surface area contributed by atoms with Gasteiger partial charge in [-0.25, -0.2) is 0 Å². The van der Waals surface area contributed by atoms with Gasteiger partial charge in [0.2, 0.25) is 0 Å². The molecule has 0 aromatic heterocycles. The van der Waals surface area contributed by atoms with Crippen molar-refractivity contribution in [1.82, 2.24) is 5.32 Å². The van der Waals surface area contributed by atoms with Crippen LogP contribution in [-0.2, 0) is 0 Å². The van der Waals surface area contributed by atoms with E-state index < -0.39 is 0 Å². The van der Waals surface area contributed by atoms with Crippen LogP contribution in [-0.4, -0.2) is 23.6 Å². The Labute approximate surface area is 92.4 Å². The minimum Gasteiger partial charge on any atom is -0.310 e. The number of hydrogen-bond acceptors (Lipinski definition) is 2. The first-order valence-corrected chi connectivity index (χ1v) is 7.35. The van der Waals surface area contributed by atoms with Crippen molar-refractivity contribution in [2.24, 2.45) is 5.92 Å². The van der Waals surface area contributed by atoms with Crippen LogP contribution in [0.5, 0.6) is 0 Å². The van der Waals surface area contributed by atoms with Crippen LogP contribution in [0.3, 0.4) is 0 Å². The predicted molar refractivity (Wildman–Crippen MR) is 64.9 cm³/mol. The molecule has 14 heavy (non-hydrogen) atoms. The molecular weight excluding hydrogens is 190 g/mol. The van der Waals surface area contributed by atoms with E-state index in [9.17, 15) is 0 Å². The molecule has 2 aliphatic rings. The van der Waals surface area contributed by atoms with Gasteiger partial charge in [0, 0.05) is 23.6 Å². The average Bonchev–Trinajstić information content (AvgIpc) is 2.38. The van der Waals surface area contributed by atoms with Gasteiger partial charge in [-0.15, -0.1) is 0 Å². The van der Waals surface area contributed by atoms with Crippen molar-refractivity contribution in [2.75, 3.05) is 11.5 Å². The predicted octanol–water partition coefficient (Wildman–Crippen LogP) is 3.05. The Morgan fingerprint density at radius 1 is 1.07 bits per heavy atom. The summed E-state index contributed by atoms with van der Waals surface area (Å²) in [5.74, 6) is 3.65. The van der Waals surface area contributed by atoms with Crippen LogP contribution >= 0.6 is 11.8 Å². The van der Waals surface area contributed by atoms with Crippen LogP contribution in [0.4, 0.5) is 0 Å². The molecule has 0 bridgehead atoms. The van der Waals surface area contributed by atoms with E-state index >= 15 is 0 Å². The van der Waals surface area contributed by atoms with Crippen molar-refractivity contribution in [3.8, 4) is 0 Å². The number of thioether (sulfide) groups is 1. The summed E-state index contributed by atoms with van der Waals surface area (Å²) < 4.78 is 0. The van der Waals surface area contributed by atoms with Gasteiger partial charge >= 0.3 is 0 Å². The quantitative estimate of drug-likeness (QED) is 0.723. The molecule has 2 fully saturated rings. The smallest absolute Gasteiger partial charge is 0.0251 e. The fraction of sp³-hybridized carbons (Fsp3) is 1.00. The van der Waals surface area contributed by atoms with Crippen molar-refractivity contribution in [3.05, 3.63) is 0 Å². The van der Waals surface area contributed by atoms with Crippen molar-refractivity contribution in [3.63, 3.8) is 0 Å². The number of nitrogens with one attached hydrogen (secondary N) is 1. The second-order valence-corrected chi connectivity index (χ2v) is 6.02. The third-order valence-corrected chi connectivity index (χ3v) is 5.02. The van der Waals surface area contributed by atoms with E-state index in [0.717, 1.165) is 18.0 Å². The van der Waals surface area contributed by atoms with E-state index in [1.165, 1.54) is 50.0 Å². The van der Waals surface area contributed by atoms with Gasteiger partial charge < -0.3 is 5.32 Å². The second-order valence-electron chi connectivity index (χ2n) is 4.94. The van der Waals surface area contributed by atoms with E-state index in [1.807, 2.05) is 0 Å². The molecule has 82 valence electrons. The Bertz CT molecular complexity index is 160. The van der Waals surface area contributed by atoms with Gasteiger partial charge in [0.05, 0.1) is 0 Å². The van der Waals surface area contributed by atoms with Gasteiger partial charge in [0.15, 0.2) is 0 Å². The summed E-state index contributed by atoms with van der Waals surface area (Å²) in [7, 11) is 0. The number of rotatable bonds is 3. The summed E-state index contributed by atoms with van der Waals surface area (Å²) in [6.45, 7) is 2.40. The molecule has 2 rings (SSSR count). The average molecular weight is 213 g/mol. The van der Waals surface area contributed by atoms with Gasteiger partial charge in [-0.3, -0.25) is 0 Å². The van der Waals surface area contributed by atoms with E-state index in [2.05, 4.69) is 24.0 Å². The first kappa shape index (κ1) is 10.8. The Morgan fingerprint density at radius 3 is 2.21 bits per heavy atom. The van der Waals surface area contributed by atoms with Crippen LogP contribution in [0.25, 0.3) is 0 Å². The molecule has 0 aromatic rings. The summed E-state index contributed by atoms with van der Waals surface area (Å²) in [5, 5.41) is 3.79. The van der Waals surface area contributed by atoms with Crippen molar-refractivity contribution in [2.45, 2.75) is 57.5 Å². The highest BCUT2D eigenvalue weighted by Gasteiger charge is 2.24. The van der Waals surface area contributed by atoms with E-state index in [0.29, 0.717) is 0 Å². The SMILES string of the molecule is C[C@@H](NC1CSC1)C1CCCCCC1. The van der Waals surface area contributed by atoms with Crippen molar-refractivity contribution in [1.29, 1.82) is 0 Å². The highest BCUT2D eigenvalue weighted by atomic mass is 32.2. The molecule has 1 heterocycles. The maximum Gasteiger partial charge on any atom is 0.0251 e. The van der Waals surface area contributed by atoms with Crippen LogP contribution < -0.4 is 5.32 Å². The van der Waals surface area contributed by atoms with Crippen molar-refractivity contribution >= 4 is 11.8 Å². The normalized spacial score (nSPS) is 28.1. The van der Waals surface area contributed by atoms with Crippen LogP contribution in [0.2, 0.25) is 0 Å². The summed E-state index contributed by atoms with van der Waals surface area (Å²) in [4.78, 5) is 0. The summed E-state index contributed by atoms with van der Waals surface area (Å²) >= 11 is 2.08. The maximum absolute atomic E-state index is 3.79. The molecule has 1 N–H and O–H groups in total. The maximum atomic E-state index is 3.79. The molecule has 0 spiro atoms. The lowest BCUT2D eigenvalue weighted by molar-refractivity contribution is 0.320. The minimum atomic E-state index is 0.763. The minimum absolute atomic E-state index is 0.763. The standard InChI is InChI=1S/C12H23NS/c1-10(13-12-8-14-9-12)11-6-4-2-3-5-7-11/h10-13H,2-9H2,1H3/t10-/m1/s1. The topological polar surface area (TPSA) is 12.0 Å². The summed E-state index contributed by atoms with van der Waals surface area (Å²) in [6.07, 6.45) is 8.82. The zero-order valence-corrected chi connectivity index (χ0v) is 10.1. The number of hydrogen-bond donors (Lipinski definition) is 1. The monoisotopic (exact) mass is 213 g/mol. The first-order chi connectivity index (χ1) is 6.86. The molecule has 1 nitrogen and oxygen atoms in total. The molecule has 0 unspecified atom stereocenters. The van der Waals surface area contributed by atoms with Crippen LogP contribution in [0, 0.1) is 5.92 Å². The highest BCUT2D eigenvalue weighted by Crippen LogP contribution is 2.27. The summed E-state index contributed by atoms with van der Waals surface area (Å²) in [5.41, 5.74) is 0. The molecular formula is C12H23NS. The van der Waals surface area contributed by atoms with E-state index in [-0.39, 0.29) is 0 Å². The van der Waals surface area contributed by atoms with Gasteiger partial charge in [-0.05, 0) is 25.7 Å². The van der Waals surface area contributed by atoms with E-state index in [1.54, 1.807) is 0 Å². The first-order valence-electron chi connectivity index (χ1n) is 6.20. The van der Waals surface area contributed by atoms with Gasteiger partial charge in [-0.1, -0.05) is 25.7 Å². The largest absolute Gasteiger partial charge is 0.310 e. The molecule has 0 radical (unpaired) electrons. The van der Waals surface area contributed by atoms with Gasteiger partial charge in [0.1, 0.15) is 0 Å². The van der Waals surface area contributed by atoms with Gasteiger partial charge in [-0.2, -0.15) is 11.8 Å². The fourth-order valence-corrected chi connectivity index (χ4v) is 3.31. The molecule has 1 atom stereocenters. The Hall–Kier alpha value is 0.310. The lowest BCUT2D eigenvalue weighted by Gasteiger charge is -2.33. The lowest BCUT2D eigenvalue weighted by Crippen LogP contribution is -2.47. The molecule has 0 aromatic carbocycles. The third-order valence-electron chi connectivity index (χ3n) is 3.74. The van der Waals surface area contributed by atoms with E-state index in [4.69, 9.17) is 0 Å². The Balaban J connectivity index is 1.73. The molecule has 1 saturated heterocycles. The zero-order chi connectivity index (χ0) is 9.80. The van der Waals surface area contributed by atoms with Crippen LogP contribution in [0.1, 0.15) is 45.4 Å². The van der Waals surface area contributed by atoms with Gasteiger partial charge in [0.25, 0.3) is 0 Å². The lowest BCUT2D eigenvalue weighted by atomic mass is 9.92. The summed E-state index contributed by atoms with van der Waals surface area (Å²) in [6, 6.07) is 1.59. The zero-order valence-electron chi connectivity index (χ0n) is 9.30. The Morgan fingerprint density at radius 2 is 1.71 bits per heavy atom. The second kappa shape index (κ2) is 5.41. The molecule has 1 aliphatic heterocycles. The molecule has 2 heteroatoms. The highest BCUT2D eigenvalue weighted by molar-refractivity contribution is 8.00.